The molecule has 0 amide bonds. The van der Waals surface area contributed by atoms with Crippen LogP contribution < -0.4 is 9.05 Å². The fourth-order valence-corrected chi connectivity index (χ4v) is 5.34. The van der Waals surface area contributed by atoms with E-state index in [9.17, 15) is 0 Å². The minimum atomic E-state index is -1.82. The molecule has 2 nitrogen and oxygen atoms in total. The summed E-state index contributed by atoms with van der Waals surface area (Å²) in [5.41, 5.74) is 3.24. The van der Waals surface area contributed by atoms with Crippen molar-refractivity contribution in [3.05, 3.63) is 56.6 Å². The molecular formula is C28H40Cl3O2P. The molecule has 34 heavy (non-hydrogen) atoms. The number of benzene rings is 2. The van der Waals surface area contributed by atoms with E-state index in [1.807, 2.05) is 24.3 Å². The van der Waals surface area contributed by atoms with Crippen molar-refractivity contribution >= 4 is 42.2 Å². The molecule has 6 heteroatoms. The maximum absolute atomic E-state index is 6.87. The van der Waals surface area contributed by atoms with E-state index >= 15 is 0 Å². The van der Waals surface area contributed by atoms with Crippen molar-refractivity contribution in [3.8, 4) is 11.5 Å². The average molecular weight is 546 g/mol. The molecule has 0 fully saturated rings. The van der Waals surface area contributed by atoms with Gasteiger partial charge in [-0.15, -0.1) is 0 Å². The van der Waals surface area contributed by atoms with Crippen LogP contribution in [0.15, 0.2) is 24.3 Å². The van der Waals surface area contributed by atoms with Crippen molar-refractivity contribution in [1.29, 1.82) is 0 Å². The second kappa shape index (κ2) is 10.0. The molecule has 2 aromatic carbocycles. The smallest absolute Gasteiger partial charge is 0.401 e. The molecule has 0 heterocycles. The highest BCUT2D eigenvalue weighted by Crippen LogP contribution is 2.54. The highest BCUT2D eigenvalue weighted by molar-refractivity contribution is 7.76. The number of rotatable bonds is 4. The number of hydrogen-bond donors (Lipinski definition) is 0. The first-order valence-corrected chi connectivity index (χ1v) is 14.5. The third kappa shape index (κ3) is 7.19. The predicted molar refractivity (Wildman–Crippen MR) is 152 cm³/mol. The Hall–Kier alpha value is -0.660. The summed E-state index contributed by atoms with van der Waals surface area (Å²) in [4.78, 5) is 0. The van der Waals surface area contributed by atoms with Gasteiger partial charge in [0.15, 0.2) is 0 Å². The fourth-order valence-electron chi connectivity index (χ4n) is 3.77. The summed E-state index contributed by atoms with van der Waals surface area (Å²) in [6, 6.07) is 7.87. The summed E-state index contributed by atoms with van der Waals surface area (Å²) in [7, 11) is -1.82. The maximum atomic E-state index is 6.87. The second-order valence-corrected chi connectivity index (χ2v) is 15.5. The first kappa shape index (κ1) is 29.6. The Morgan fingerprint density at radius 3 is 0.882 bits per heavy atom. The van der Waals surface area contributed by atoms with E-state index in [4.69, 9.17) is 43.5 Å². The van der Waals surface area contributed by atoms with Gasteiger partial charge in [-0.05, 0) is 57.2 Å². The minimum Gasteiger partial charge on any atom is -0.427 e. The van der Waals surface area contributed by atoms with E-state index in [1.165, 1.54) is 0 Å². The lowest BCUT2D eigenvalue weighted by molar-refractivity contribution is 0.447. The van der Waals surface area contributed by atoms with Crippen LogP contribution in [0, 0.1) is 0 Å². The molecule has 0 spiro atoms. The first-order valence-electron chi connectivity index (χ1n) is 11.6. The predicted octanol–water partition coefficient (Wildman–Crippen LogP) is 11.1. The number of halogens is 3. The Bertz CT molecular complexity index is 882. The van der Waals surface area contributed by atoms with E-state index in [-0.39, 0.29) is 21.7 Å². The van der Waals surface area contributed by atoms with Gasteiger partial charge in [0.1, 0.15) is 11.5 Å². The normalized spacial score (nSPS) is 13.4. The Balaban J connectivity index is 2.65. The van der Waals surface area contributed by atoms with Crippen molar-refractivity contribution in [2.45, 2.75) is 105 Å². The molecule has 190 valence electrons. The van der Waals surface area contributed by atoms with Crippen LogP contribution >= 0.6 is 42.2 Å². The minimum absolute atomic E-state index is 0.194. The van der Waals surface area contributed by atoms with Gasteiger partial charge in [0, 0.05) is 32.3 Å². The summed E-state index contributed by atoms with van der Waals surface area (Å²) in [5, 5.41) is 1.37. The lowest BCUT2D eigenvalue weighted by Crippen LogP contribution is -2.20. The zero-order valence-corrected chi connectivity index (χ0v) is 25.9. The SMILES string of the molecule is CC(C)(C)c1cc(Cl)cc(C(C)(C)C)c1OP(Cl)Oc1c(C(C)(C)C)cc(Cl)cc1C(C)(C)C. The maximum Gasteiger partial charge on any atom is 0.401 e. The average Bonchev–Trinajstić information content (AvgIpc) is 2.60. The van der Waals surface area contributed by atoms with Gasteiger partial charge in [-0.1, -0.05) is 106 Å². The second-order valence-electron chi connectivity index (χ2n) is 13.1. The molecule has 2 aromatic rings. The first-order chi connectivity index (χ1) is 15.1. The van der Waals surface area contributed by atoms with Crippen LogP contribution in [0.3, 0.4) is 0 Å². The molecule has 0 atom stereocenters. The van der Waals surface area contributed by atoms with E-state index < -0.39 is 7.73 Å². The Morgan fingerprint density at radius 2 is 0.706 bits per heavy atom. The third-order valence-electron chi connectivity index (χ3n) is 5.67. The van der Waals surface area contributed by atoms with Gasteiger partial charge in [-0.3, -0.25) is 0 Å². The van der Waals surface area contributed by atoms with E-state index in [2.05, 4.69) is 83.1 Å². The van der Waals surface area contributed by atoms with Crippen molar-refractivity contribution in [3.63, 3.8) is 0 Å². The van der Waals surface area contributed by atoms with Gasteiger partial charge in [-0.25, -0.2) is 0 Å². The van der Waals surface area contributed by atoms with Crippen molar-refractivity contribution in [2.75, 3.05) is 0 Å². The molecular weight excluding hydrogens is 506 g/mol. The molecule has 0 aliphatic heterocycles. The summed E-state index contributed by atoms with van der Waals surface area (Å²) in [6.07, 6.45) is 0. The van der Waals surface area contributed by atoms with Gasteiger partial charge in [0.25, 0.3) is 0 Å². The zero-order valence-electron chi connectivity index (χ0n) is 22.7. The molecule has 0 saturated heterocycles. The van der Waals surface area contributed by atoms with Crippen LogP contribution in [0.1, 0.15) is 105 Å². The summed E-state index contributed by atoms with van der Waals surface area (Å²) >= 11 is 19.9. The van der Waals surface area contributed by atoms with Crippen LogP contribution in [-0.2, 0) is 21.7 Å². The lowest BCUT2D eigenvalue weighted by Gasteiger charge is -2.32. The lowest BCUT2D eigenvalue weighted by atomic mass is 9.79. The van der Waals surface area contributed by atoms with Gasteiger partial charge in [-0.2, -0.15) is 0 Å². The van der Waals surface area contributed by atoms with E-state index in [0.717, 1.165) is 33.8 Å². The zero-order chi connectivity index (χ0) is 26.4. The topological polar surface area (TPSA) is 18.5 Å². The van der Waals surface area contributed by atoms with Crippen molar-refractivity contribution < 1.29 is 9.05 Å². The highest BCUT2D eigenvalue weighted by Gasteiger charge is 2.33. The van der Waals surface area contributed by atoms with Crippen LogP contribution in [0.25, 0.3) is 0 Å². The van der Waals surface area contributed by atoms with Gasteiger partial charge >= 0.3 is 7.73 Å². The molecule has 0 unspecified atom stereocenters. The molecule has 0 saturated carbocycles. The number of hydrogen-bond acceptors (Lipinski definition) is 2. The molecule has 2 rings (SSSR count). The molecule has 0 aromatic heterocycles. The van der Waals surface area contributed by atoms with Crippen LogP contribution in [0.5, 0.6) is 11.5 Å². The van der Waals surface area contributed by atoms with Crippen LogP contribution in [0.4, 0.5) is 0 Å². The Labute approximate surface area is 223 Å². The Morgan fingerprint density at radius 1 is 0.500 bits per heavy atom. The monoisotopic (exact) mass is 544 g/mol. The van der Waals surface area contributed by atoms with Gasteiger partial charge in [0.2, 0.25) is 0 Å². The van der Waals surface area contributed by atoms with Crippen LogP contribution in [0.2, 0.25) is 10.0 Å². The van der Waals surface area contributed by atoms with E-state index in [0.29, 0.717) is 10.0 Å². The molecule has 0 bridgehead atoms. The summed E-state index contributed by atoms with van der Waals surface area (Å²) in [5.74, 6) is 1.49. The standard InChI is InChI=1S/C28H40Cl3O2P/c1-25(2,3)19-13-17(29)14-20(26(4,5)6)23(19)32-34(31)33-24-21(27(7,8)9)15-18(30)16-22(24)28(10,11)12/h13-16H,1-12H3. The fraction of sp³-hybridized carbons (Fsp3) is 0.571. The van der Waals surface area contributed by atoms with Gasteiger partial charge < -0.3 is 9.05 Å². The van der Waals surface area contributed by atoms with Gasteiger partial charge in [0.05, 0.1) is 0 Å². The molecule has 0 N–H and O–H groups in total. The molecule has 0 aliphatic carbocycles. The summed E-state index contributed by atoms with van der Waals surface area (Å²) in [6.45, 7) is 25.7. The van der Waals surface area contributed by atoms with Crippen LogP contribution in [-0.4, -0.2) is 0 Å². The third-order valence-corrected chi connectivity index (χ3v) is 7.17. The van der Waals surface area contributed by atoms with Crippen molar-refractivity contribution in [2.24, 2.45) is 0 Å². The quantitative estimate of drug-likeness (QED) is 0.356. The molecule has 0 radical (unpaired) electrons. The van der Waals surface area contributed by atoms with Crippen molar-refractivity contribution in [1.82, 2.24) is 0 Å². The largest absolute Gasteiger partial charge is 0.427 e. The highest BCUT2D eigenvalue weighted by atomic mass is 35.7. The van der Waals surface area contributed by atoms with E-state index in [1.54, 1.807) is 0 Å². The molecule has 0 aliphatic rings. The Kier molecular flexibility index (Phi) is 8.70. The summed E-state index contributed by atoms with van der Waals surface area (Å²) < 4.78 is 12.9.